The minimum absolute atomic E-state index is 0. The molecule has 0 saturated heterocycles. The summed E-state index contributed by atoms with van der Waals surface area (Å²) in [4.78, 5) is 0. The minimum Gasteiger partial charge on any atom is -0.199 e. The Morgan fingerprint density at radius 1 is 0.500 bits per heavy atom. The zero-order chi connectivity index (χ0) is 9.97. The van der Waals surface area contributed by atoms with Crippen LogP contribution in [-0.4, -0.2) is 0 Å². The fourth-order valence-corrected chi connectivity index (χ4v) is 1.39. The summed E-state index contributed by atoms with van der Waals surface area (Å²) in [6.45, 7) is 7.72. The largest absolute Gasteiger partial charge is 0.199 e. The summed E-state index contributed by atoms with van der Waals surface area (Å²) in [5.41, 5.74) is 4.53. The molecule has 2 aromatic carbocycles. The summed E-state index contributed by atoms with van der Waals surface area (Å²) in [6, 6.07) is 16.4. The van der Waals surface area contributed by atoms with E-state index in [4.69, 9.17) is 0 Å². The van der Waals surface area contributed by atoms with Crippen LogP contribution in [0.2, 0.25) is 0 Å². The van der Waals surface area contributed by atoms with Crippen LogP contribution in [0, 0.1) is 13.8 Å². The molecule has 0 atom stereocenters. The zero-order valence-electron chi connectivity index (χ0n) is 8.93. The third-order valence-electron chi connectivity index (χ3n) is 2.24. The van der Waals surface area contributed by atoms with E-state index in [1.807, 2.05) is 24.3 Å². The van der Waals surface area contributed by atoms with Crippen LogP contribution in [0.15, 0.2) is 48.5 Å². The Labute approximate surface area is 121 Å². The second kappa shape index (κ2) is 6.83. The van der Waals surface area contributed by atoms with Gasteiger partial charge in [0.05, 0.1) is 0 Å². The Balaban J connectivity index is 0.00000112. The first-order valence-corrected chi connectivity index (χ1v) is 4.60. The summed E-state index contributed by atoms with van der Waals surface area (Å²) >= 11 is 0. The van der Waals surface area contributed by atoms with E-state index in [1.54, 1.807) is 0 Å². The number of benzene rings is 2. The van der Waals surface area contributed by atoms with Gasteiger partial charge in [-0.2, -0.15) is 49.2 Å². The standard InChI is InChI=1S/C14H12.2V/c1-11-3-7-13(8-4-11)14-9-5-12(2)6-10-14;;/h3-10H,1-2H2;;/q-2;;. The van der Waals surface area contributed by atoms with Crippen LogP contribution in [0.4, 0.5) is 0 Å². The Morgan fingerprint density at radius 2 is 0.750 bits per heavy atom. The van der Waals surface area contributed by atoms with E-state index in [0.29, 0.717) is 0 Å². The summed E-state index contributed by atoms with van der Waals surface area (Å²) in [7, 11) is 0. The van der Waals surface area contributed by atoms with Gasteiger partial charge in [-0.15, -0.1) is 24.3 Å². The summed E-state index contributed by atoms with van der Waals surface area (Å²) < 4.78 is 0. The molecule has 0 amide bonds. The molecule has 0 N–H and O–H groups in total. The van der Waals surface area contributed by atoms with E-state index in [0.717, 1.165) is 11.1 Å². The maximum absolute atomic E-state index is 3.86. The molecular weight excluding hydrogens is 270 g/mol. The maximum atomic E-state index is 3.86. The first kappa shape index (κ1) is 15.3. The molecule has 0 heterocycles. The number of rotatable bonds is 1. The van der Waals surface area contributed by atoms with Crippen molar-refractivity contribution < 1.29 is 37.1 Å². The van der Waals surface area contributed by atoms with Crippen LogP contribution < -0.4 is 0 Å². The van der Waals surface area contributed by atoms with Gasteiger partial charge >= 0.3 is 0 Å². The van der Waals surface area contributed by atoms with Crippen LogP contribution in [0.5, 0.6) is 0 Å². The Kier molecular flexibility index (Phi) is 6.55. The molecule has 2 aromatic rings. The first-order valence-electron chi connectivity index (χ1n) is 4.60. The van der Waals surface area contributed by atoms with E-state index in [2.05, 4.69) is 38.1 Å². The third kappa shape index (κ3) is 3.73. The molecule has 0 nitrogen and oxygen atoms in total. The number of hydrogen-bond donors (Lipinski definition) is 0. The molecule has 2 rings (SSSR count). The maximum Gasteiger partial charge on any atom is 0 e. The second-order valence-electron chi connectivity index (χ2n) is 3.39. The van der Waals surface area contributed by atoms with E-state index in [9.17, 15) is 0 Å². The molecule has 0 bridgehead atoms. The molecule has 0 aliphatic rings. The third-order valence-corrected chi connectivity index (χ3v) is 2.24. The van der Waals surface area contributed by atoms with Crippen molar-refractivity contribution in [2.24, 2.45) is 0 Å². The molecule has 0 aliphatic heterocycles. The van der Waals surface area contributed by atoms with Gasteiger partial charge in [-0.3, -0.25) is 0 Å². The van der Waals surface area contributed by atoms with Crippen LogP contribution in [-0.2, 0) is 37.1 Å². The topological polar surface area (TPSA) is 0 Å². The Morgan fingerprint density at radius 3 is 1.00 bits per heavy atom. The monoisotopic (exact) mass is 282 g/mol. The fourth-order valence-electron chi connectivity index (χ4n) is 1.39. The van der Waals surface area contributed by atoms with Gasteiger partial charge in [-0.1, -0.05) is 0 Å². The van der Waals surface area contributed by atoms with Crippen LogP contribution >= 0.6 is 0 Å². The van der Waals surface area contributed by atoms with Gasteiger partial charge in [-0.25, -0.2) is 0 Å². The van der Waals surface area contributed by atoms with Gasteiger partial charge in [0.15, 0.2) is 0 Å². The van der Waals surface area contributed by atoms with E-state index in [1.165, 1.54) is 11.1 Å². The first-order chi connectivity index (χ1) is 6.75. The zero-order valence-corrected chi connectivity index (χ0v) is 11.7. The minimum atomic E-state index is 0. The van der Waals surface area contributed by atoms with Crippen molar-refractivity contribution in [3.63, 3.8) is 0 Å². The van der Waals surface area contributed by atoms with Crippen molar-refractivity contribution in [2.75, 3.05) is 0 Å². The van der Waals surface area contributed by atoms with E-state index in [-0.39, 0.29) is 37.1 Å². The van der Waals surface area contributed by atoms with Gasteiger partial charge in [0, 0.05) is 37.1 Å². The molecular formula is C14H12V2-2. The van der Waals surface area contributed by atoms with Crippen molar-refractivity contribution in [1.29, 1.82) is 0 Å². The van der Waals surface area contributed by atoms with Crippen molar-refractivity contribution in [1.82, 2.24) is 0 Å². The Hall–Kier alpha value is -0.651. The average Bonchev–Trinajstić information content (AvgIpc) is 2.21. The Bertz CT molecular complexity index is 372. The summed E-state index contributed by atoms with van der Waals surface area (Å²) in [5.74, 6) is 0. The number of hydrogen-bond acceptors (Lipinski definition) is 0. The second-order valence-corrected chi connectivity index (χ2v) is 3.39. The molecule has 0 saturated carbocycles. The molecule has 80 valence electrons. The summed E-state index contributed by atoms with van der Waals surface area (Å²) in [6.07, 6.45) is 0. The molecule has 0 unspecified atom stereocenters. The van der Waals surface area contributed by atoms with Crippen molar-refractivity contribution in [2.45, 2.75) is 0 Å². The van der Waals surface area contributed by atoms with Gasteiger partial charge < -0.3 is 0 Å². The predicted octanol–water partition coefficient (Wildman–Crippen LogP) is 3.71. The van der Waals surface area contributed by atoms with Crippen molar-refractivity contribution in [3.05, 3.63) is 73.5 Å². The van der Waals surface area contributed by atoms with Crippen LogP contribution in [0.25, 0.3) is 11.1 Å². The smallest absolute Gasteiger partial charge is 0 e. The average molecular weight is 282 g/mol. The van der Waals surface area contributed by atoms with Crippen molar-refractivity contribution in [3.8, 4) is 11.1 Å². The normalized spacial score (nSPS) is 8.75. The van der Waals surface area contributed by atoms with Gasteiger partial charge in [0.2, 0.25) is 0 Å². The molecule has 0 aliphatic carbocycles. The molecule has 0 fully saturated rings. The molecule has 16 heavy (non-hydrogen) atoms. The van der Waals surface area contributed by atoms with Crippen LogP contribution in [0.3, 0.4) is 0 Å². The SMILES string of the molecule is [CH2-]c1ccc(-c2ccc([CH2-])cc2)cc1.[V].[V]. The fraction of sp³-hybridized carbons (Fsp3) is 0. The van der Waals surface area contributed by atoms with Crippen molar-refractivity contribution >= 4 is 0 Å². The molecule has 2 radical (unpaired) electrons. The quantitative estimate of drug-likeness (QED) is 0.699. The molecule has 2 heteroatoms. The van der Waals surface area contributed by atoms with E-state index < -0.39 is 0 Å². The summed E-state index contributed by atoms with van der Waals surface area (Å²) in [5, 5.41) is 0. The van der Waals surface area contributed by atoms with Crippen LogP contribution in [0.1, 0.15) is 11.1 Å². The van der Waals surface area contributed by atoms with Gasteiger partial charge in [-0.05, 0) is 11.1 Å². The van der Waals surface area contributed by atoms with Gasteiger partial charge in [0.25, 0.3) is 0 Å². The molecule has 0 spiro atoms. The van der Waals surface area contributed by atoms with Gasteiger partial charge in [0.1, 0.15) is 0 Å². The predicted molar refractivity (Wildman–Crippen MR) is 60.8 cm³/mol. The molecule has 0 aromatic heterocycles. The van der Waals surface area contributed by atoms with E-state index >= 15 is 0 Å².